The Kier molecular flexibility index (Phi) is 10.1. The van der Waals surface area contributed by atoms with Crippen molar-refractivity contribution >= 4 is 55.6 Å². The van der Waals surface area contributed by atoms with Crippen LogP contribution in [0.1, 0.15) is 55.3 Å². The van der Waals surface area contributed by atoms with Gasteiger partial charge in [-0.2, -0.15) is 0 Å². The standard InChI is InChI=1S/C22H20FNO4.C21H19FN2O3/c1-4-26-22(25)18-16-11-17(27-12(2)3)19-15(9-10-24-19)21(16)28-20(18)13-5-7-14(23)8-6-13;1-11(2)26-16-10-15-17(21(25)23-3)19(12-4-6-13(22)7-5-12)27-20(15)14-8-9-24-18(14)16/h5-12,24H,4H2,1-3H3;4-11,24H,1-3H3,(H,23,25). The molecule has 0 unspecified atom stereocenters. The van der Waals surface area contributed by atoms with Crippen LogP contribution in [-0.4, -0.2) is 47.7 Å². The molecule has 0 saturated carbocycles. The normalized spacial score (nSPS) is 11.5. The molecule has 4 heterocycles. The number of halogens is 2. The van der Waals surface area contributed by atoms with Gasteiger partial charge < -0.3 is 38.3 Å². The van der Waals surface area contributed by atoms with E-state index in [0.717, 1.165) is 21.8 Å². The van der Waals surface area contributed by atoms with Crippen molar-refractivity contribution < 1.29 is 41.4 Å². The Bertz CT molecular complexity index is 2670. The Morgan fingerprint density at radius 3 is 1.53 bits per heavy atom. The van der Waals surface area contributed by atoms with Crippen molar-refractivity contribution in [1.82, 2.24) is 15.3 Å². The van der Waals surface area contributed by atoms with Gasteiger partial charge in [0.15, 0.2) is 0 Å². The molecule has 0 atom stereocenters. The number of furan rings is 2. The first kappa shape index (κ1) is 36.8. The number of carbonyl (C=O) groups excluding carboxylic acids is 2. The van der Waals surface area contributed by atoms with Crippen LogP contribution in [0.25, 0.3) is 66.4 Å². The number of hydrogen-bond acceptors (Lipinski definition) is 7. The molecule has 0 radical (unpaired) electrons. The Hall–Kier alpha value is -6.56. The number of amides is 1. The second kappa shape index (κ2) is 15.1. The van der Waals surface area contributed by atoms with Gasteiger partial charge in [0.1, 0.15) is 51.4 Å². The number of esters is 1. The first-order valence-electron chi connectivity index (χ1n) is 17.9. The number of carbonyl (C=O) groups is 2. The molecular weight excluding hydrogens is 708 g/mol. The van der Waals surface area contributed by atoms with Crippen molar-refractivity contribution in [3.63, 3.8) is 0 Å². The fourth-order valence-electron chi connectivity index (χ4n) is 6.55. The average molecular weight is 748 g/mol. The van der Waals surface area contributed by atoms with Crippen LogP contribution in [0.5, 0.6) is 11.5 Å². The molecule has 8 rings (SSSR count). The van der Waals surface area contributed by atoms with Crippen molar-refractivity contribution in [2.75, 3.05) is 13.7 Å². The van der Waals surface area contributed by atoms with Crippen LogP contribution >= 0.6 is 0 Å². The second-order valence-electron chi connectivity index (χ2n) is 13.3. The Labute approximate surface area is 314 Å². The number of hydrogen-bond donors (Lipinski definition) is 3. The largest absolute Gasteiger partial charge is 0.489 e. The van der Waals surface area contributed by atoms with E-state index in [0.29, 0.717) is 67.2 Å². The summed E-state index contributed by atoms with van der Waals surface area (Å²) in [6.45, 7) is 9.73. The van der Waals surface area contributed by atoms with Gasteiger partial charge >= 0.3 is 5.97 Å². The number of rotatable bonds is 9. The minimum absolute atomic E-state index is 0.0270. The summed E-state index contributed by atoms with van der Waals surface area (Å²) in [5, 5.41) is 5.53. The lowest BCUT2D eigenvalue weighted by Crippen LogP contribution is -2.18. The van der Waals surface area contributed by atoms with E-state index >= 15 is 0 Å². The van der Waals surface area contributed by atoms with Crippen LogP contribution < -0.4 is 14.8 Å². The van der Waals surface area contributed by atoms with Gasteiger partial charge in [0.2, 0.25) is 0 Å². The minimum Gasteiger partial charge on any atom is -0.489 e. The average Bonchev–Trinajstić information content (AvgIpc) is 3.97. The maximum atomic E-state index is 13.4. The molecule has 0 aliphatic rings. The van der Waals surface area contributed by atoms with Crippen LogP contribution in [-0.2, 0) is 4.74 Å². The first-order valence-corrected chi connectivity index (χ1v) is 17.9. The molecule has 8 aromatic rings. The molecule has 0 spiro atoms. The lowest BCUT2D eigenvalue weighted by atomic mass is 10.0. The first-order chi connectivity index (χ1) is 26.5. The zero-order valence-corrected chi connectivity index (χ0v) is 31.1. The predicted octanol–water partition coefficient (Wildman–Crippen LogP) is 10.6. The zero-order valence-electron chi connectivity index (χ0n) is 31.1. The molecule has 0 fully saturated rings. The van der Waals surface area contributed by atoms with Gasteiger partial charge in [0, 0.05) is 52.1 Å². The van der Waals surface area contributed by atoms with E-state index < -0.39 is 5.97 Å². The summed E-state index contributed by atoms with van der Waals surface area (Å²) >= 11 is 0. The minimum atomic E-state index is -0.494. The number of aromatic nitrogens is 2. The smallest absolute Gasteiger partial charge is 0.342 e. The van der Waals surface area contributed by atoms with Crippen molar-refractivity contribution in [3.8, 4) is 34.1 Å². The Morgan fingerprint density at radius 2 is 1.11 bits per heavy atom. The monoisotopic (exact) mass is 747 g/mol. The van der Waals surface area contributed by atoms with Crippen molar-refractivity contribution in [2.45, 2.75) is 46.8 Å². The van der Waals surface area contributed by atoms with E-state index in [-0.39, 0.29) is 36.4 Å². The maximum absolute atomic E-state index is 13.4. The molecule has 1 amide bonds. The highest BCUT2D eigenvalue weighted by Crippen LogP contribution is 2.43. The molecule has 0 aliphatic carbocycles. The van der Waals surface area contributed by atoms with Crippen LogP contribution in [0.4, 0.5) is 8.78 Å². The van der Waals surface area contributed by atoms with Crippen molar-refractivity contribution in [3.05, 3.63) is 108 Å². The molecule has 4 aromatic heterocycles. The summed E-state index contributed by atoms with van der Waals surface area (Å²) in [7, 11) is 1.57. The lowest BCUT2D eigenvalue weighted by molar-refractivity contribution is 0.0528. The summed E-state index contributed by atoms with van der Waals surface area (Å²) < 4.78 is 56.1. The van der Waals surface area contributed by atoms with Gasteiger partial charge in [-0.1, -0.05) is 0 Å². The molecule has 3 N–H and O–H groups in total. The zero-order chi connectivity index (χ0) is 39.0. The predicted molar refractivity (Wildman–Crippen MR) is 208 cm³/mol. The van der Waals surface area contributed by atoms with Gasteiger partial charge in [-0.3, -0.25) is 4.79 Å². The number of aromatic amines is 2. The van der Waals surface area contributed by atoms with Gasteiger partial charge in [-0.05, 0) is 107 Å². The van der Waals surface area contributed by atoms with Gasteiger partial charge in [0.05, 0.1) is 35.4 Å². The third-order valence-corrected chi connectivity index (χ3v) is 8.79. The van der Waals surface area contributed by atoms with Crippen molar-refractivity contribution in [2.24, 2.45) is 0 Å². The van der Waals surface area contributed by atoms with E-state index in [9.17, 15) is 18.4 Å². The Balaban J connectivity index is 0.000000169. The van der Waals surface area contributed by atoms with Gasteiger partial charge in [-0.25, -0.2) is 13.6 Å². The molecular formula is C43H39F2N3O7. The van der Waals surface area contributed by atoms with Crippen LogP contribution in [0.3, 0.4) is 0 Å². The molecule has 0 aliphatic heterocycles. The van der Waals surface area contributed by atoms with Gasteiger partial charge in [0.25, 0.3) is 5.91 Å². The fourth-order valence-corrected chi connectivity index (χ4v) is 6.55. The highest BCUT2D eigenvalue weighted by Gasteiger charge is 2.27. The summed E-state index contributed by atoms with van der Waals surface area (Å²) in [5.74, 6) is 0.527. The topological polar surface area (TPSA) is 132 Å². The highest BCUT2D eigenvalue weighted by molar-refractivity contribution is 6.18. The third-order valence-electron chi connectivity index (χ3n) is 8.79. The quantitative estimate of drug-likeness (QED) is 0.125. The number of ether oxygens (including phenoxy) is 3. The maximum Gasteiger partial charge on any atom is 0.342 e. The van der Waals surface area contributed by atoms with E-state index in [2.05, 4.69) is 15.3 Å². The van der Waals surface area contributed by atoms with E-state index in [1.807, 2.05) is 45.9 Å². The van der Waals surface area contributed by atoms with Gasteiger partial charge in [-0.15, -0.1) is 0 Å². The van der Waals surface area contributed by atoms with Crippen LogP contribution in [0, 0.1) is 11.6 Å². The number of H-pyrrole nitrogens is 2. The molecule has 0 saturated heterocycles. The Morgan fingerprint density at radius 1 is 0.673 bits per heavy atom. The van der Waals surface area contributed by atoms with E-state index in [1.165, 1.54) is 24.3 Å². The number of nitrogens with one attached hydrogen (secondary N) is 3. The molecule has 12 heteroatoms. The molecule has 0 bridgehead atoms. The van der Waals surface area contributed by atoms with E-state index in [1.54, 1.807) is 56.7 Å². The number of benzene rings is 4. The summed E-state index contributed by atoms with van der Waals surface area (Å²) in [6, 6.07) is 19.1. The van der Waals surface area contributed by atoms with Crippen LogP contribution in [0.15, 0.2) is 94.0 Å². The molecule has 10 nitrogen and oxygen atoms in total. The molecule has 55 heavy (non-hydrogen) atoms. The summed E-state index contributed by atoms with van der Waals surface area (Å²) in [6.07, 6.45) is 3.53. The third kappa shape index (κ3) is 6.98. The second-order valence-corrected chi connectivity index (χ2v) is 13.3. The SMILES string of the molecule is CCOC(=O)c1c(-c2ccc(F)cc2)oc2c1cc(OC(C)C)c1[nH]ccc12.CNC(=O)c1c(-c2ccc(F)cc2)oc2c1cc(OC(C)C)c1[nH]ccc12. The van der Waals surface area contributed by atoms with E-state index in [4.69, 9.17) is 23.0 Å². The highest BCUT2D eigenvalue weighted by atomic mass is 19.1. The van der Waals surface area contributed by atoms with Crippen LogP contribution in [0.2, 0.25) is 0 Å². The fraction of sp³-hybridized carbons (Fsp3) is 0.209. The van der Waals surface area contributed by atoms with Crippen molar-refractivity contribution in [1.29, 1.82) is 0 Å². The molecule has 4 aromatic carbocycles. The summed E-state index contributed by atoms with van der Waals surface area (Å²) in [4.78, 5) is 31.8. The lowest BCUT2D eigenvalue weighted by Gasteiger charge is -2.11. The molecule has 282 valence electrons. The summed E-state index contributed by atoms with van der Waals surface area (Å²) in [5.41, 5.74) is 4.65. The number of fused-ring (bicyclic) bond motifs is 6.